The molecule has 0 amide bonds. The summed E-state index contributed by atoms with van der Waals surface area (Å²) in [7, 11) is -3.73. The van der Waals surface area contributed by atoms with Gasteiger partial charge >= 0.3 is 0 Å². The number of aliphatic hydroxyl groups excluding tert-OH is 1. The third-order valence-electron chi connectivity index (χ3n) is 5.33. The maximum Gasteiger partial charge on any atom is 0.243 e. The summed E-state index contributed by atoms with van der Waals surface area (Å²) in [5, 5.41) is 10.7. The number of hydrogen-bond acceptors (Lipinski definition) is 3. The van der Waals surface area contributed by atoms with Gasteiger partial charge in [0.15, 0.2) is 0 Å². The Hall–Kier alpha value is -1.95. The molecule has 3 unspecified atom stereocenters. The van der Waals surface area contributed by atoms with Crippen molar-refractivity contribution in [1.82, 2.24) is 4.31 Å². The first-order valence-corrected chi connectivity index (χ1v) is 10.8. The van der Waals surface area contributed by atoms with Crippen molar-refractivity contribution in [2.75, 3.05) is 0 Å². The standard InChI is InChI=1S/C22H27NO3S/c1-3-18-11-14-21(22(24)15-18)23(16-19-7-5-4-6-8-19)27(25,26)20-12-9-17(2)10-13-20/h3-10,12-13,18,21-22,24H,1,11,14-16H2,2H3. The van der Waals surface area contributed by atoms with Crippen molar-refractivity contribution >= 4 is 10.0 Å². The van der Waals surface area contributed by atoms with Gasteiger partial charge in [-0.1, -0.05) is 54.1 Å². The van der Waals surface area contributed by atoms with E-state index in [-0.39, 0.29) is 17.4 Å². The van der Waals surface area contributed by atoms with Crippen molar-refractivity contribution < 1.29 is 13.5 Å². The summed E-state index contributed by atoms with van der Waals surface area (Å²) in [6, 6.07) is 16.0. The van der Waals surface area contributed by atoms with Crippen LogP contribution >= 0.6 is 0 Å². The van der Waals surface area contributed by atoms with Gasteiger partial charge in [0.25, 0.3) is 0 Å². The molecule has 0 radical (unpaired) electrons. The average Bonchev–Trinajstić information content (AvgIpc) is 2.67. The first-order chi connectivity index (χ1) is 12.9. The Morgan fingerprint density at radius 1 is 1.11 bits per heavy atom. The van der Waals surface area contributed by atoms with E-state index in [1.807, 2.05) is 43.3 Å². The highest BCUT2D eigenvalue weighted by Crippen LogP contribution is 2.33. The quantitative estimate of drug-likeness (QED) is 0.767. The van der Waals surface area contributed by atoms with E-state index in [4.69, 9.17) is 0 Å². The molecule has 1 N–H and O–H groups in total. The SMILES string of the molecule is C=CC1CCC(N(Cc2ccccc2)S(=O)(=O)c2ccc(C)cc2)C(O)C1. The second-order valence-corrected chi connectivity index (χ2v) is 9.18. The highest BCUT2D eigenvalue weighted by atomic mass is 32.2. The monoisotopic (exact) mass is 385 g/mol. The van der Waals surface area contributed by atoms with Crippen LogP contribution in [0.15, 0.2) is 72.1 Å². The molecule has 144 valence electrons. The normalized spacial score (nSPS) is 23.3. The molecule has 2 aromatic carbocycles. The predicted octanol–water partition coefficient (Wildman–Crippen LogP) is 3.90. The highest BCUT2D eigenvalue weighted by Gasteiger charge is 2.38. The summed E-state index contributed by atoms with van der Waals surface area (Å²) in [4.78, 5) is 0.266. The molecule has 1 aliphatic rings. The maximum atomic E-state index is 13.4. The lowest BCUT2D eigenvalue weighted by Crippen LogP contribution is -2.49. The Labute approximate surface area is 162 Å². The lowest BCUT2D eigenvalue weighted by molar-refractivity contribution is 0.0403. The molecular weight excluding hydrogens is 358 g/mol. The number of rotatable bonds is 6. The Bertz CT molecular complexity index is 862. The van der Waals surface area contributed by atoms with Gasteiger partial charge in [0.05, 0.1) is 17.0 Å². The zero-order valence-electron chi connectivity index (χ0n) is 15.7. The highest BCUT2D eigenvalue weighted by molar-refractivity contribution is 7.89. The number of aryl methyl sites for hydroxylation is 1. The summed E-state index contributed by atoms with van der Waals surface area (Å²) in [6.07, 6.45) is 3.15. The van der Waals surface area contributed by atoms with Crippen LogP contribution in [0.4, 0.5) is 0 Å². The number of allylic oxidation sites excluding steroid dienone is 1. The second-order valence-electron chi connectivity index (χ2n) is 7.29. The molecule has 27 heavy (non-hydrogen) atoms. The molecule has 0 saturated heterocycles. The second kappa shape index (κ2) is 8.38. The molecule has 0 aromatic heterocycles. The third kappa shape index (κ3) is 4.49. The van der Waals surface area contributed by atoms with E-state index in [9.17, 15) is 13.5 Å². The van der Waals surface area contributed by atoms with E-state index < -0.39 is 22.2 Å². The molecule has 4 nitrogen and oxygen atoms in total. The molecule has 3 atom stereocenters. The first kappa shape index (κ1) is 19.8. The van der Waals surface area contributed by atoms with Crippen LogP contribution in [0.25, 0.3) is 0 Å². The largest absolute Gasteiger partial charge is 0.391 e. The topological polar surface area (TPSA) is 57.6 Å². The van der Waals surface area contributed by atoms with E-state index in [1.54, 1.807) is 24.3 Å². The first-order valence-electron chi connectivity index (χ1n) is 9.35. The minimum Gasteiger partial charge on any atom is -0.391 e. The van der Waals surface area contributed by atoms with Gasteiger partial charge in [-0.3, -0.25) is 0 Å². The van der Waals surface area contributed by atoms with Crippen molar-refractivity contribution in [2.45, 2.75) is 49.8 Å². The van der Waals surface area contributed by atoms with Crippen LogP contribution in [0, 0.1) is 12.8 Å². The van der Waals surface area contributed by atoms with Crippen LogP contribution in [0.2, 0.25) is 0 Å². The molecular formula is C22H27NO3S. The maximum absolute atomic E-state index is 13.4. The Balaban J connectivity index is 1.96. The van der Waals surface area contributed by atoms with Gasteiger partial charge in [-0.25, -0.2) is 8.42 Å². The minimum absolute atomic E-state index is 0.233. The molecule has 3 rings (SSSR count). The fraction of sp³-hybridized carbons (Fsp3) is 0.364. The van der Waals surface area contributed by atoms with Crippen molar-refractivity contribution in [2.24, 2.45) is 5.92 Å². The molecule has 0 bridgehead atoms. The Morgan fingerprint density at radius 2 is 1.78 bits per heavy atom. The van der Waals surface area contributed by atoms with Crippen LogP contribution < -0.4 is 0 Å². The van der Waals surface area contributed by atoms with E-state index in [0.29, 0.717) is 12.8 Å². The summed E-state index contributed by atoms with van der Waals surface area (Å²) >= 11 is 0. The number of benzene rings is 2. The minimum atomic E-state index is -3.73. The average molecular weight is 386 g/mol. The molecule has 1 fully saturated rings. The van der Waals surface area contributed by atoms with Crippen LogP contribution in [-0.2, 0) is 16.6 Å². The van der Waals surface area contributed by atoms with Crippen molar-refractivity contribution in [3.63, 3.8) is 0 Å². The van der Waals surface area contributed by atoms with Crippen LogP contribution in [-0.4, -0.2) is 30.0 Å². The van der Waals surface area contributed by atoms with Crippen molar-refractivity contribution in [3.8, 4) is 0 Å². The van der Waals surface area contributed by atoms with Gasteiger partial charge in [-0.15, -0.1) is 6.58 Å². The van der Waals surface area contributed by atoms with E-state index in [1.165, 1.54) is 4.31 Å². The molecule has 0 spiro atoms. The lowest BCUT2D eigenvalue weighted by Gasteiger charge is -2.39. The number of sulfonamides is 1. The van der Waals surface area contributed by atoms with Gasteiger partial charge in [0, 0.05) is 6.54 Å². The fourth-order valence-corrected chi connectivity index (χ4v) is 5.37. The number of aliphatic hydroxyl groups is 1. The summed E-state index contributed by atoms with van der Waals surface area (Å²) in [5.41, 5.74) is 1.92. The van der Waals surface area contributed by atoms with Crippen LogP contribution in [0.5, 0.6) is 0 Å². The zero-order valence-corrected chi connectivity index (χ0v) is 16.5. The van der Waals surface area contributed by atoms with Gasteiger partial charge in [0.1, 0.15) is 0 Å². The lowest BCUT2D eigenvalue weighted by atomic mass is 9.84. The van der Waals surface area contributed by atoms with Crippen molar-refractivity contribution in [3.05, 3.63) is 78.4 Å². The smallest absolute Gasteiger partial charge is 0.243 e. The number of hydrogen-bond donors (Lipinski definition) is 1. The van der Waals surface area contributed by atoms with E-state index >= 15 is 0 Å². The van der Waals surface area contributed by atoms with E-state index in [2.05, 4.69) is 6.58 Å². The third-order valence-corrected chi connectivity index (χ3v) is 7.22. The predicted molar refractivity (Wildman–Crippen MR) is 108 cm³/mol. The zero-order chi connectivity index (χ0) is 19.4. The Morgan fingerprint density at radius 3 is 2.37 bits per heavy atom. The fourth-order valence-electron chi connectivity index (χ4n) is 3.70. The van der Waals surface area contributed by atoms with Gasteiger partial charge in [0.2, 0.25) is 10.0 Å². The summed E-state index contributed by atoms with van der Waals surface area (Å²) < 4.78 is 28.4. The molecule has 2 aromatic rings. The van der Waals surface area contributed by atoms with Crippen LogP contribution in [0.3, 0.4) is 0 Å². The summed E-state index contributed by atoms with van der Waals surface area (Å²) in [5.74, 6) is 0.233. The van der Waals surface area contributed by atoms with E-state index in [0.717, 1.165) is 17.5 Å². The summed E-state index contributed by atoms with van der Waals surface area (Å²) in [6.45, 7) is 5.99. The van der Waals surface area contributed by atoms with Gasteiger partial charge in [-0.2, -0.15) is 4.31 Å². The van der Waals surface area contributed by atoms with Gasteiger partial charge in [-0.05, 0) is 49.8 Å². The molecule has 0 heterocycles. The Kier molecular flexibility index (Phi) is 6.15. The van der Waals surface area contributed by atoms with Crippen molar-refractivity contribution in [1.29, 1.82) is 0 Å². The molecule has 1 aliphatic carbocycles. The molecule has 5 heteroatoms. The van der Waals surface area contributed by atoms with Crippen LogP contribution in [0.1, 0.15) is 30.4 Å². The molecule has 1 saturated carbocycles. The molecule has 0 aliphatic heterocycles. The number of nitrogens with zero attached hydrogens (tertiary/aromatic N) is 1. The van der Waals surface area contributed by atoms with Gasteiger partial charge < -0.3 is 5.11 Å².